The number of carbonyl (C=O) groups is 1. The monoisotopic (exact) mass is 286 g/mol. The van der Waals surface area contributed by atoms with Crippen molar-refractivity contribution >= 4 is 17.9 Å². The number of carboxylic acids is 1. The number of nitrogens with one attached hydrogen (secondary N) is 1. The molecule has 0 aliphatic rings. The fourth-order valence-corrected chi connectivity index (χ4v) is 1.69. The van der Waals surface area contributed by atoms with E-state index in [1.807, 2.05) is 0 Å². The largest absolute Gasteiger partial charge is 0.504 e. The maximum Gasteiger partial charge on any atom is 0.335 e. The number of phenolic OH excluding ortho intramolecular Hbond substituents is 1. The van der Waals surface area contributed by atoms with Crippen molar-refractivity contribution in [2.24, 2.45) is 5.10 Å². The van der Waals surface area contributed by atoms with Crippen molar-refractivity contribution in [3.63, 3.8) is 0 Å². The van der Waals surface area contributed by atoms with Gasteiger partial charge in [-0.2, -0.15) is 5.10 Å². The number of anilines is 1. The molecule has 0 amide bonds. The number of methoxy groups -OCH3 is 1. The fraction of sp³-hybridized carbons (Fsp3) is 0.0667. The SMILES string of the molecule is COc1ccc(/C=N/Nc2cccc(C(=O)O)c2)cc1O. The molecular formula is C15H14N2O4. The highest BCUT2D eigenvalue weighted by Gasteiger charge is 2.02. The highest BCUT2D eigenvalue weighted by atomic mass is 16.5. The van der Waals surface area contributed by atoms with E-state index in [9.17, 15) is 9.90 Å². The Morgan fingerprint density at radius 2 is 2.10 bits per heavy atom. The number of nitrogens with zero attached hydrogens (tertiary/aromatic N) is 1. The first kappa shape index (κ1) is 14.4. The lowest BCUT2D eigenvalue weighted by atomic mass is 10.2. The Morgan fingerprint density at radius 1 is 1.29 bits per heavy atom. The predicted molar refractivity (Wildman–Crippen MR) is 79.3 cm³/mol. The van der Waals surface area contributed by atoms with Crippen LogP contribution >= 0.6 is 0 Å². The van der Waals surface area contributed by atoms with Crippen LogP contribution in [0.25, 0.3) is 0 Å². The highest BCUT2D eigenvalue weighted by Crippen LogP contribution is 2.25. The van der Waals surface area contributed by atoms with Gasteiger partial charge in [0.1, 0.15) is 0 Å². The molecule has 6 heteroatoms. The second-order valence-electron chi connectivity index (χ2n) is 4.19. The molecule has 6 nitrogen and oxygen atoms in total. The third kappa shape index (κ3) is 3.73. The molecule has 0 unspecified atom stereocenters. The van der Waals surface area contributed by atoms with Crippen molar-refractivity contribution in [2.75, 3.05) is 12.5 Å². The topological polar surface area (TPSA) is 91.2 Å². The summed E-state index contributed by atoms with van der Waals surface area (Å²) in [7, 11) is 1.47. The zero-order valence-electron chi connectivity index (χ0n) is 11.3. The van der Waals surface area contributed by atoms with Crippen LogP contribution in [0.5, 0.6) is 11.5 Å². The van der Waals surface area contributed by atoms with Gasteiger partial charge in [0.15, 0.2) is 11.5 Å². The Hall–Kier alpha value is -3.02. The Bertz CT molecular complexity index is 683. The minimum atomic E-state index is -0.997. The summed E-state index contributed by atoms with van der Waals surface area (Å²) in [5.41, 5.74) is 4.14. The molecule has 2 aromatic carbocycles. The Labute approximate surface area is 121 Å². The molecule has 0 radical (unpaired) electrons. The van der Waals surface area contributed by atoms with Gasteiger partial charge in [-0.1, -0.05) is 6.07 Å². The zero-order chi connectivity index (χ0) is 15.2. The van der Waals surface area contributed by atoms with Gasteiger partial charge in [0.2, 0.25) is 0 Å². The van der Waals surface area contributed by atoms with Crippen LogP contribution in [0, 0.1) is 0 Å². The molecule has 0 saturated carbocycles. The van der Waals surface area contributed by atoms with Crippen molar-refractivity contribution in [2.45, 2.75) is 0 Å². The molecule has 0 aromatic heterocycles. The Kier molecular flexibility index (Phi) is 4.40. The molecule has 108 valence electrons. The van der Waals surface area contributed by atoms with Crippen molar-refractivity contribution in [1.82, 2.24) is 0 Å². The molecule has 2 aromatic rings. The molecule has 0 heterocycles. The molecular weight excluding hydrogens is 272 g/mol. The number of phenols is 1. The summed E-state index contributed by atoms with van der Waals surface area (Å²) in [6.07, 6.45) is 1.51. The van der Waals surface area contributed by atoms with E-state index < -0.39 is 5.97 Å². The molecule has 0 saturated heterocycles. The van der Waals surface area contributed by atoms with Gasteiger partial charge in [-0.15, -0.1) is 0 Å². The quantitative estimate of drug-likeness (QED) is 0.580. The van der Waals surface area contributed by atoms with Crippen LogP contribution in [0.3, 0.4) is 0 Å². The number of aromatic hydroxyl groups is 1. The van der Waals surface area contributed by atoms with E-state index in [2.05, 4.69) is 10.5 Å². The summed E-state index contributed by atoms with van der Waals surface area (Å²) in [5, 5.41) is 22.5. The lowest BCUT2D eigenvalue weighted by molar-refractivity contribution is 0.0697. The van der Waals surface area contributed by atoms with Gasteiger partial charge in [0, 0.05) is 0 Å². The average Bonchev–Trinajstić information content (AvgIpc) is 2.48. The van der Waals surface area contributed by atoms with Crippen LogP contribution in [-0.2, 0) is 0 Å². The molecule has 2 rings (SSSR count). The summed E-state index contributed by atoms with van der Waals surface area (Å²) < 4.78 is 4.94. The molecule has 0 aliphatic heterocycles. The fourth-order valence-electron chi connectivity index (χ4n) is 1.69. The van der Waals surface area contributed by atoms with Gasteiger partial charge in [-0.3, -0.25) is 5.43 Å². The highest BCUT2D eigenvalue weighted by molar-refractivity contribution is 5.89. The van der Waals surface area contributed by atoms with Gasteiger partial charge in [0.05, 0.1) is 24.6 Å². The van der Waals surface area contributed by atoms with Crippen molar-refractivity contribution in [3.05, 3.63) is 53.6 Å². The number of hydrazone groups is 1. The minimum Gasteiger partial charge on any atom is -0.504 e. The van der Waals surface area contributed by atoms with Crippen LogP contribution in [0.15, 0.2) is 47.6 Å². The first-order chi connectivity index (χ1) is 10.1. The molecule has 0 atom stereocenters. The number of hydrogen-bond acceptors (Lipinski definition) is 5. The van der Waals surface area contributed by atoms with E-state index in [4.69, 9.17) is 9.84 Å². The first-order valence-electron chi connectivity index (χ1n) is 6.09. The first-order valence-corrected chi connectivity index (χ1v) is 6.09. The number of hydrogen-bond donors (Lipinski definition) is 3. The zero-order valence-corrected chi connectivity index (χ0v) is 11.3. The van der Waals surface area contributed by atoms with E-state index in [1.54, 1.807) is 24.3 Å². The number of rotatable bonds is 5. The minimum absolute atomic E-state index is 0.0225. The Morgan fingerprint density at radius 3 is 2.76 bits per heavy atom. The number of benzene rings is 2. The summed E-state index contributed by atoms with van der Waals surface area (Å²) in [5.74, 6) is -0.591. The summed E-state index contributed by atoms with van der Waals surface area (Å²) in [4.78, 5) is 10.8. The van der Waals surface area contributed by atoms with E-state index in [0.29, 0.717) is 17.0 Å². The molecule has 0 bridgehead atoms. The summed E-state index contributed by atoms with van der Waals surface area (Å²) >= 11 is 0. The van der Waals surface area contributed by atoms with Crippen molar-refractivity contribution in [1.29, 1.82) is 0 Å². The van der Waals surface area contributed by atoms with Gasteiger partial charge in [-0.05, 0) is 42.0 Å². The molecule has 0 aliphatic carbocycles. The predicted octanol–water partition coefficient (Wildman–Crippen LogP) is 2.55. The number of aromatic carboxylic acids is 1. The smallest absolute Gasteiger partial charge is 0.335 e. The average molecular weight is 286 g/mol. The second-order valence-corrected chi connectivity index (χ2v) is 4.19. The normalized spacial score (nSPS) is 10.5. The standard InChI is InChI=1S/C15H14N2O4/c1-21-14-6-5-10(7-13(14)18)9-16-17-12-4-2-3-11(8-12)15(19)20/h2-9,17-18H,1H3,(H,19,20)/b16-9+. The van der Waals surface area contributed by atoms with E-state index in [-0.39, 0.29) is 11.3 Å². The summed E-state index contributed by atoms with van der Waals surface area (Å²) in [6, 6.07) is 11.2. The maximum absolute atomic E-state index is 10.8. The molecule has 3 N–H and O–H groups in total. The molecule has 0 fully saturated rings. The van der Waals surface area contributed by atoms with Crippen molar-refractivity contribution in [3.8, 4) is 11.5 Å². The third-order valence-corrected chi connectivity index (χ3v) is 2.72. The number of carboxylic acid groups (broad SMARTS) is 1. The molecule has 21 heavy (non-hydrogen) atoms. The van der Waals surface area contributed by atoms with Crippen LogP contribution < -0.4 is 10.2 Å². The van der Waals surface area contributed by atoms with Gasteiger partial charge in [0.25, 0.3) is 0 Å². The van der Waals surface area contributed by atoms with Crippen LogP contribution in [0.4, 0.5) is 5.69 Å². The lowest BCUT2D eigenvalue weighted by Crippen LogP contribution is -1.97. The van der Waals surface area contributed by atoms with Gasteiger partial charge < -0.3 is 14.9 Å². The van der Waals surface area contributed by atoms with Crippen LogP contribution in [0.2, 0.25) is 0 Å². The number of ether oxygens (including phenoxy) is 1. The van der Waals surface area contributed by atoms with Crippen LogP contribution in [-0.4, -0.2) is 29.5 Å². The van der Waals surface area contributed by atoms with E-state index >= 15 is 0 Å². The lowest BCUT2D eigenvalue weighted by Gasteiger charge is -2.04. The second kappa shape index (κ2) is 6.42. The third-order valence-electron chi connectivity index (χ3n) is 2.72. The van der Waals surface area contributed by atoms with E-state index in [1.165, 1.54) is 31.5 Å². The summed E-state index contributed by atoms with van der Waals surface area (Å²) in [6.45, 7) is 0. The Balaban J connectivity index is 2.07. The van der Waals surface area contributed by atoms with Crippen LogP contribution in [0.1, 0.15) is 15.9 Å². The molecule has 0 spiro atoms. The van der Waals surface area contributed by atoms with E-state index in [0.717, 1.165) is 0 Å². The maximum atomic E-state index is 10.8. The van der Waals surface area contributed by atoms with Gasteiger partial charge in [-0.25, -0.2) is 4.79 Å². The van der Waals surface area contributed by atoms with Gasteiger partial charge >= 0.3 is 5.97 Å². The van der Waals surface area contributed by atoms with Crippen molar-refractivity contribution < 1.29 is 19.7 Å².